The van der Waals surface area contributed by atoms with Crippen LogP contribution in [-0.2, 0) is 14.4 Å². The Bertz CT molecular complexity index is 695. The lowest BCUT2D eigenvalue weighted by Crippen LogP contribution is -2.47. The molecule has 0 spiro atoms. The van der Waals surface area contributed by atoms with E-state index in [0.29, 0.717) is 39.0 Å². The fourth-order valence-electron chi connectivity index (χ4n) is 3.47. The maximum Gasteiger partial charge on any atom is 0.246 e. The summed E-state index contributed by atoms with van der Waals surface area (Å²) in [5, 5.41) is 2.84. The van der Waals surface area contributed by atoms with Crippen LogP contribution in [0.1, 0.15) is 45.1 Å². The molecule has 0 aromatic heterocycles. The number of nitrogens with one attached hydrogen (secondary N) is 1. The Morgan fingerprint density at radius 3 is 2.41 bits per heavy atom. The van der Waals surface area contributed by atoms with Crippen LogP contribution in [0.25, 0.3) is 6.08 Å². The summed E-state index contributed by atoms with van der Waals surface area (Å²) in [6.45, 7) is 6.46. The van der Waals surface area contributed by atoms with Crippen molar-refractivity contribution < 1.29 is 14.4 Å². The predicted octanol–water partition coefficient (Wildman–Crippen LogP) is 2.70. The Morgan fingerprint density at radius 2 is 1.79 bits per heavy atom. The number of rotatable bonds is 9. The van der Waals surface area contributed by atoms with Crippen LogP contribution in [0.4, 0.5) is 0 Å². The average molecular weight is 400 g/mol. The number of carbonyl (C=O) groups excluding carboxylic acids is 3. The first-order valence-electron chi connectivity index (χ1n) is 10.6. The zero-order chi connectivity index (χ0) is 21.1. The number of piperidine rings is 1. The van der Waals surface area contributed by atoms with Crippen molar-refractivity contribution in [3.63, 3.8) is 0 Å². The second kappa shape index (κ2) is 12.0. The summed E-state index contributed by atoms with van der Waals surface area (Å²) >= 11 is 0. The van der Waals surface area contributed by atoms with Crippen LogP contribution in [-0.4, -0.2) is 60.2 Å². The maximum atomic E-state index is 12.9. The van der Waals surface area contributed by atoms with E-state index in [0.717, 1.165) is 18.4 Å². The first-order valence-corrected chi connectivity index (χ1v) is 10.6. The Morgan fingerprint density at radius 1 is 1.10 bits per heavy atom. The van der Waals surface area contributed by atoms with Crippen molar-refractivity contribution in [2.45, 2.75) is 39.5 Å². The quantitative estimate of drug-likeness (QED) is 0.649. The Hall–Kier alpha value is -2.63. The molecule has 0 aliphatic carbocycles. The normalized spacial score (nSPS) is 14.8. The van der Waals surface area contributed by atoms with Gasteiger partial charge < -0.3 is 15.1 Å². The number of nitrogens with zero attached hydrogens (tertiary/aromatic N) is 2. The van der Waals surface area contributed by atoms with Gasteiger partial charge in [-0.15, -0.1) is 0 Å². The minimum absolute atomic E-state index is 0.0240. The maximum absolute atomic E-state index is 12.9. The van der Waals surface area contributed by atoms with Gasteiger partial charge in [-0.3, -0.25) is 14.4 Å². The standard InChI is InChI=1S/C23H33N3O3/c1-3-14-24-21(27)18-26(15-4-2)23(29)20-12-16-25(17-13-20)22(28)11-10-19-8-6-5-7-9-19/h5-11,20H,3-4,12-18H2,1-2H3,(H,24,27)/b11-10+. The summed E-state index contributed by atoms with van der Waals surface area (Å²) in [6.07, 6.45) is 6.38. The molecule has 6 nitrogen and oxygen atoms in total. The highest BCUT2D eigenvalue weighted by Crippen LogP contribution is 2.20. The monoisotopic (exact) mass is 399 g/mol. The fraction of sp³-hybridized carbons (Fsp3) is 0.522. The highest BCUT2D eigenvalue weighted by molar-refractivity contribution is 5.92. The molecule has 0 radical (unpaired) electrons. The van der Waals surface area contributed by atoms with Crippen LogP contribution < -0.4 is 5.32 Å². The molecule has 1 aromatic rings. The van der Waals surface area contributed by atoms with E-state index < -0.39 is 0 Å². The molecule has 1 aliphatic rings. The molecule has 29 heavy (non-hydrogen) atoms. The van der Waals surface area contributed by atoms with Gasteiger partial charge in [-0.05, 0) is 37.3 Å². The predicted molar refractivity (Wildman–Crippen MR) is 115 cm³/mol. The van der Waals surface area contributed by atoms with E-state index in [9.17, 15) is 14.4 Å². The lowest BCUT2D eigenvalue weighted by atomic mass is 9.95. The minimum atomic E-state index is -0.123. The van der Waals surface area contributed by atoms with Crippen molar-refractivity contribution >= 4 is 23.8 Å². The molecule has 1 fully saturated rings. The second-order valence-corrected chi connectivity index (χ2v) is 7.45. The van der Waals surface area contributed by atoms with Crippen molar-refractivity contribution in [1.82, 2.24) is 15.1 Å². The summed E-state index contributed by atoms with van der Waals surface area (Å²) in [6, 6.07) is 9.72. The highest BCUT2D eigenvalue weighted by atomic mass is 16.2. The summed E-state index contributed by atoms with van der Waals surface area (Å²) < 4.78 is 0. The number of benzene rings is 1. The lowest BCUT2D eigenvalue weighted by Gasteiger charge is -2.33. The van der Waals surface area contributed by atoms with E-state index >= 15 is 0 Å². The summed E-state index contributed by atoms with van der Waals surface area (Å²) in [5.41, 5.74) is 0.988. The van der Waals surface area contributed by atoms with Crippen molar-refractivity contribution in [2.24, 2.45) is 5.92 Å². The van der Waals surface area contributed by atoms with Crippen LogP contribution in [0.3, 0.4) is 0 Å². The van der Waals surface area contributed by atoms with E-state index in [4.69, 9.17) is 0 Å². The van der Waals surface area contributed by atoms with Crippen LogP contribution in [0.5, 0.6) is 0 Å². The number of hydrogen-bond donors (Lipinski definition) is 1. The van der Waals surface area contributed by atoms with Gasteiger partial charge in [0.05, 0.1) is 6.54 Å². The van der Waals surface area contributed by atoms with Gasteiger partial charge in [0.2, 0.25) is 17.7 Å². The van der Waals surface area contributed by atoms with Crippen molar-refractivity contribution in [2.75, 3.05) is 32.7 Å². The molecular weight excluding hydrogens is 366 g/mol. The van der Waals surface area contributed by atoms with E-state index in [1.54, 1.807) is 15.9 Å². The Labute approximate surface area is 173 Å². The van der Waals surface area contributed by atoms with Gasteiger partial charge in [-0.1, -0.05) is 44.2 Å². The Kier molecular flexibility index (Phi) is 9.41. The molecule has 6 heteroatoms. The van der Waals surface area contributed by atoms with Crippen molar-refractivity contribution in [3.05, 3.63) is 42.0 Å². The molecule has 1 aromatic carbocycles. The van der Waals surface area contributed by atoms with Gasteiger partial charge in [0.25, 0.3) is 0 Å². The topological polar surface area (TPSA) is 69.7 Å². The molecule has 158 valence electrons. The number of amides is 3. The van der Waals surface area contributed by atoms with Gasteiger partial charge in [0.15, 0.2) is 0 Å². The molecule has 1 saturated heterocycles. The first kappa shape index (κ1) is 22.7. The van der Waals surface area contributed by atoms with E-state index in [1.165, 1.54) is 0 Å². The molecule has 0 unspecified atom stereocenters. The van der Waals surface area contributed by atoms with Crippen LogP contribution >= 0.6 is 0 Å². The molecule has 2 rings (SSSR count). The van der Waals surface area contributed by atoms with Crippen LogP contribution in [0.15, 0.2) is 36.4 Å². The fourth-order valence-corrected chi connectivity index (χ4v) is 3.47. The second-order valence-electron chi connectivity index (χ2n) is 7.45. The zero-order valence-electron chi connectivity index (χ0n) is 17.6. The third kappa shape index (κ3) is 7.37. The molecule has 0 atom stereocenters. The van der Waals surface area contributed by atoms with Gasteiger partial charge in [0.1, 0.15) is 0 Å². The molecule has 1 heterocycles. The largest absolute Gasteiger partial charge is 0.355 e. The smallest absolute Gasteiger partial charge is 0.246 e. The molecular formula is C23H33N3O3. The SMILES string of the molecule is CCCNC(=O)CN(CCC)C(=O)C1CCN(C(=O)/C=C/c2ccccc2)CC1. The van der Waals surface area contributed by atoms with Gasteiger partial charge in [-0.25, -0.2) is 0 Å². The van der Waals surface area contributed by atoms with E-state index in [2.05, 4.69) is 5.32 Å². The third-order valence-corrected chi connectivity index (χ3v) is 5.09. The average Bonchev–Trinajstić information content (AvgIpc) is 2.76. The highest BCUT2D eigenvalue weighted by Gasteiger charge is 2.30. The molecule has 0 bridgehead atoms. The molecule has 0 saturated carbocycles. The lowest BCUT2D eigenvalue weighted by molar-refractivity contribution is -0.142. The number of hydrogen-bond acceptors (Lipinski definition) is 3. The number of carbonyl (C=O) groups is 3. The first-order chi connectivity index (χ1) is 14.0. The van der Waals surface area contributed by atoms with E-state index in [-0.39, 0.29) is 30.2 Å². The Balaban J connectivity index is 1.85. The third-order valence-electron chi connectivity index (χ3n) is 5.09. The minimum Gasteiger partial charge on any atom is -0.355 e. The van der Waals surface area contributed by atoms with Crippen LogP contribution in [0.2, 0.25) is 0 Å². The van der Waals surface area contributed by atoms with Gasteiger partial charge in [0, 0.05) is 38.2 Å². The molecule has 1 N–H and O–H groups in total. The summed E-state index contributed by atoms with van der Waals surface area (Å²) in [5.74, 6) is -0.218. The molecule has 3 amide bonds. The van der Waals surface area contributed by atoms with Crippen molar-refractivity contribution in [1.29, 1.82) is 0 Å². The molecule has 1 aliphatic heterocycles. The summed E-state index contributed by atoms with van der Waals surface area (Å²) in [4.78, 5) is 40.8. The zero-order valence-corrected chi connectivity index (χ0v) is 17.6. The summed E-state index contributed by atoms with van der Waals surface area (Å²) in [7, 11) is 0. The van der Waals surface area contributed by atoms with Crippen LogP contribution in [0, 0.1) is 5.92 Å². The van der Waals surface area contributed by atoms with E-state index in [1.807, 2.05) is 50.3 Å². The number of likely N-dealkylation sites (tertiary alicyclic amines) is 1. The van der Waals surface area contributed by atoms with Gasteiger partial charge >= 0.3 is 0 Å². The van der Waals surface area contributed by atoms with Crippen molar-refractivity contribution in [3.8, 4) is 0 Å². The van der Waals surface area contributed by atoms with Gasteiger partial charge in [-0.2, -0.15) is 0 Å².